The number of hydrogen-bond donors (Lipinski definition) is 2. The molecule has 1 atom stereocenters. The van der Waals surface area contributed by atoms with E-state index in [1.54, 1.807) is 0 Å². The quantitative estimate of drug-likeness (QED) is 0.826. The van der Waals surface area contributed by atoms with Crippen molar-refractivity contribution in [2.45, 2.75) is 25.8 Å². The Morgan fingerprint density at radius 2 is 2.09 bits per heavy atom. The summed E-state index contributed by atoms with van der Waals surface area (Å²) in [5, 5.41) is 11.6. The van der Waals surface area contributed by atoms with Crippen molar-refractivity contribution in [3.05, 3.63) is 17.7 Å². The maximum atomic E-state index is 12.3. The first-order valence-corrected chi connectivity index (χ1v) is 7.08. The highest BCUT2D eigenvalue weighted by atomic mass is 16.6. The molecular formula is C15H19NO6. The van der Waals surface area contributed by atoms with E-state index in [1.165, 1.54) is 19.2 Å². The number of rotatable bonds is 6. The van der Waals surface area contributed by atoms with Gasteiger partial charge < -0.3 is 24.6 Å². The van der Waals surface area contributed by atoms with Crippen LogP contribution in [0.1, 0.15) is 30.1 Å². The molecule has 0 radical (unpaired) electrons. The summed E-state index contributed by atoms with van der Waals surface area (Å²) in [5.74, 6) is -0.299. The van der Waals surface area contributed by atoms with Gasteiger partial charge in [-0.1, -0.05) is 13.3 Å². The SMILES string of the molecule is CCCC(NC(=O)c1cc(OC)c2c(c1)OCCO2)C(=O)O. The number of nitrogens with one attached hydrogen (secondary N) is 1. The molecule has 2 rings (SSSR count). The molecule has 0 saturated heterocycles. The van der Waals surface area contributed by atoms with Gasteiger partial charge in [0, 0.05) is 5.56 Å². The van der Waals surface area contributed by atoms with Crippen LogP contribution < -0.4 is 19.5 Å². The lowest BCUT2D eigenvalue weighted by molar-refractivity contribution is -0.139. The minimum absolute atomic E-state index is 0.267. The van der Waals surface area contributed by atoms with Crippen molar-refractivity contribution < 1.29 is 28.9 Å². The third-order valence-electron chi connectivity index (χ3n) is 3.27. The van der Waals surface area contributed by atoms with Crippen molar-refractivity contribution in [2.75, 3.05) is 20.3 Å². The van der Waals surface area contributed by atoms with Gasteiger partial charge in [0.2, 0.25) is 5.75 Å². The number of carboxylic acids is 1. The van der Waals surface area contributed by atoms with Crippen LogP contribution in [0.5, 0.6) is 17.2 Å². The Kier molecular flexibility index (Phi) is 5.08. The highest BCUT2D eigenvalue weighted by molar-refractivity contribution is 5.97. The molecule has 22 heavy (non-hydrogen) atoms. The van der Waals surface area contributed by atoms with Crippen LogP contribution in [0.2, 0.25) is 0 Å². The summed E-state index contributed by atoms with van der Waals surface area (Å²) in [6, 6.07) is 2.11. The number of aliphatic carboxylic acids is 1. The molecule has 0 aliphatic carbocycles. The van der Waals surface area contributed by atoms with Crippen molar-refractivity contribution in [1.82, 2.24) is 5.32 Å². The van der Waals surface area contributed by atoms with Gasteiger partial charge in [0.1, 0.15) is 19.3 Å². The molecule has 1 unspecified atom stereocenters. The lowest BCUT2D eigenvalue weighted by Crippen LogP contribution is -2.40. The van der Waals surface area contributed by atoms with Gasteiger partial charge in [0.25, 0.3) is 5.91 Å². The number of hydrogen-bond acceptors (Lipinski definition) is 5. The molecule has 1 aliphatic rings. The molecule has 2 N–H and O–H groups in total. The number of methoxy groups -OCH3 is 1. The Hall–Kier alpha value is -2.44. The molecule has 1 amide bonds. The molecule has 1 aliphatic heterocycles. The van der Waals surface area contributed by atoms with Crippen LogP contribution in [-0.2, 0) is 4.79 Å². The maximum absolute atomic E-state index is 12.3. The number of fused-ring (bicyclic) bond motifs is 1. The van der Waals surface area contributed by atoms with Crippen molar-refractivity contribution in [3.8, 4) is 17.2 Å². The standard InChI is InChI=1S/C15H19NO6/c1-3-4-10(15(18)19)16-14(17)9-7-11(20-2)13-12(8-9)21-5-6-22-13/h7-8,10H,3-6H2,1-2H3,(H,16,17)(H,18,19). The highest BCUT2D eigenvalue weighted by Crippen LogP contribution is 2.40. The number of carboxylic acid groups (broad SMARTS) is 1. The molecule has 120 valence electrons. The zero-order chi connectivity index (χ0) is 16.1. The molecule has 1 aromatic carbocycles. The van der Waals surface area contributed by atoms with Gasteiger partial charge in [0.15, 0.2) is 11.5 Å². The molecule has 0 saturated carbocycles. The van der Waals surface area contributed by atoms with E-state index in [1.807, 2.05) is 6.92 Å². The summed E-state index contributed by atoms with van der Waals surface area (Å²) in [4.78, 5) is 23.4. The van der Waals surface area contributed by atoms with Crippen molar-refractivity contribution in [2.24, 2.45) is 0 Å². The molecule has 1 aromatic rings. The zero-order valence-corrected chi connectivity index (χ0v) is 12.5. The summed E-state index contributed by atoms with van der Waals surface area (Å²) < 4.78 is 16.1. The lowest BCUT2D eigenvalue weighted by atomic mass is 10.1. The van der Waals surface area contributed by atoms with Gasteiger partial charge in [-0.05, 0) is 18.6 Å². The summed E-state index contributed by atoms with van der Waals surface area (Å²) in [5.41, 5.74) is 0.267. The second-order valence-electron chi connectivity index (χ2n) is 4.86. The predicted molar refractivity (Wildman–Crippen MR) is 77.8 cm³/mol. The van der Waals surface area contributed by atoms with Crippen molar-refractivity contribution in [3.63, 3.8) is 0 Å². The van der Waals surface area contributed by atoms with Gasteiger partial charge in [-0.3, -0.25) is 4.79 Å². The van der Waals surface area contributed by atoms with Crippen LogP contribution >= 0.6 is 0 Å². The van der Waals surface area contributed by atoms with Crippen LogP contribution in [0.25, 0.3) is 0 Å². The monoisotopic (exact) mass is 309 g/mol. The molecule has 1 heterocycles. The van der Waals surface area contributed by atoms with Gasteiger partial charge in [-0.2, -0.15) is 0 Å². The molecule has 0 fully saturated rings. The van der Waals surface area contributed by atoms with E-state index in [-0.39, 0.29) is 5.56 Å². The van der Waals surface area contributed by atoms with Crippen LogP contribution in [0.3, 0.4) is 0 Å². The first kappa shape index (κ1) is 15.9. The smallest absolute Gasteiger partial charge is 0.326 e. The predicted octanol–water partition coefficient (Wildman–Crippen LogP) is 1.45. The largest absolute Gasteiger partial charge is 0.493 e. The first-order valence-electron chi connectivity index (χ1n) is 7.08. The van der Waals surface area contributed by atoms with Crippen LogP contribution in [-0.4, -0.2) is 43.3 Å². The normalized spacial score (nSPS) is 14.1. The molecule has 0 aromatic heterocycles. The molecular weight excluding hydrogens is 290 g/mol. The number of amides is 1. The van der Waals surface area contributed by atoms with E-state index in [2.05, 4.69) is 5.32 Å². The Balaban J connectivity index is 2.24. The van der Waals surface area contributed by atoms with E-state index in [4.69, 9.17) is 19.3 Å². The average molecular weight is 309 g/mol. The topological polar surface area (TPSA) is 94.1 Å². The Morgan fingerprint density at radius 3 is 2.73 bits per heavy atom. The zero-order valence-electron chi connectivity index (χ0n) is 12.5. The molecule has 7 nitrogen and oxygen atoms in total. The second-order valence-corrected chi connectivity index (χ2v) is 4.86. The van der Waals surface area contributed by atoms with E-state index in [9.17, 15) is 9.59 Å². The number of carbonyl (C=O) groups is 2. The highest BCUT2D eigenvalue weighted by Gasteiger charge is 2.24. The van der Waals surface area contributed by atoms with E-state index < -0.39 is 17.9 Å². The van der Waals surface area contributed by atoms with Gasteiger partial charge in [0.05, 0.1) is 7.11 Å². The van der Waals surface area contributed by atoms with E-state index in [0.29, 0.717) is 43.3 Å². The number of benzene rings is 1. The Labute approximate surface area is 128 Å². The third-order valence-corrected chi connectivity index (χ3v) is 3.27. The first-order chi connectivity index (χ1) is 10.6. The van der Waals surface area contributed by atoms with Crippen molar-refractivity contribution >= 4 is 11.9 Å². The maximum Gasteiger partial charge on any atom is 0.326 e. The number of ether oxygens (including phenoxy) is 3. The third kappa shape index (κ3) is 3.41. The molecule has 0 spiro atoms. The fourth-order valence-electron chi connectivity index (χ4n) is 2.19. The van der Waals surface area contributed by atoms with Crippen LogP contribution in [0.4, 0.5) is 0 Å². The van der Waals surface area contributed by atoms with Crippen molar-refractivity contribution in [1.29, 1.82) is 0 Å². The molecule has 0 bridgehead atoms. The Morgan fingerprint density at radius 1 is 1.36 bits per heavy atom. The fourth-order valence-corrected chi connectivity index (χ4v) is 2.19. The van der Waals surface area contributed by atoms with E-state index in [0.717, 1.165) is 0 Å². The van der Waals surface area contributed by atoms with Crippen LogP contribution in [0.15, 0.2) is 12.1 Å². The summed E-state index contributed by atoms with van der Waals surface area (Å²) in [6.07, 6.45) is 1.02. The number of carbonyl (C=O) groups excluding carboxylic acids is 1. The fraction of sp³-hybridized carbons (Fsp3) is 0.467. The van der Waals surface area contributed by atoms with Gasteiger partial charge in [-0.15, -0.1) is 0 Å². The summed E-state index contributed by atoms with van der Waals surface area (Å²) in [7, 11) is 1.46. The minimum Gasteiger partial charge on any atom is -0.493 e. The van der Waals surface area contributed by atoms with Gasteiger partial charge >= 0.3 is 5.97 Å². The molecule has 7 heteroatoms. The summed E-state index contributed by atoms with van der Waals surface area (Å²) in [6.45, 7) is 2.65. The van der Waals surface area contributed by atoms with Gasteiger partial charge in [-0.25, -0.2) is 4.79 Å². The second kappa shape index (κ2) is 7.02. The van der Waals surface area contributed by atoms with E-state index >= 15 is 0 Å². The van der Waals surface area contributed by atoms with Crippen LogP contribution in [0, 0.1) is 0 Å². The summed E-state index contributed by atoms with van der Waals surface area (Å²) >= 11 is 0. The lowest BCUT2D eigenvalue weighted by Gasteiger charge is -2.21. The minimum atomic E-state index is -1.06. The Bertz CT molecular complexity index is 554. The average Bonchev–Trinajstić information content (AvgIpc) is 2.53.